The molecule has 1 aromatic carbocycles. The second-order valence-corrected chi connectivity index (χ2v) is 3.68. The molecule has 2 rings (SSSR count). The van der Waals surface area contributed by atoms with Crippen molar-refractivity contribution in [3.63, 3.8) is 0 Å². The van der Waals surface area contributed by atoms with Crippen molar-refractivity contribution in [1.82, 2.24) is 4.98 Å². The SMILES string of the molecule is Cc1ccc(C)c2ncc(C(N)=O)cc12. The number of primary amides is 1. The van der Waals surface area contributed by atoms with Crippen molar-refractivity contribution in [3.8, 4) is 0 Å². The third kappa shape index (κ3) is 1.56. The fourth-order valence-corrected chi connectivity index (χ4v) is 1.63. The molecule has 2 N–H and O–H groups in total. The van der Waals surface area contributed by atoms with Crippen LogP contribution in [0.4, 0.5) is 0 Å². The van der Waals surface area contributed by atoms with Gasteiger partial charge in [0.1, 0.15) is 0 Å². The van der Waals surface area contributed by atoms with Gasteiger partial charge in [0, 0.05) is 11.6 Å². The number of benzene rings is 1. The summed E-state index contributed by atoms with van der Waals surface area (Å²) in [6.45, 7) is 3.99. The van der Waals surface area contributed by atoms with Crippen molar-refractivity contribution in [2.24, 2.45) is 5.73 Å². The second kappa shape index (κ2) is 3.35. The van der Waals surface area contributed by atoms with Crippen LogP contribution >= 0.6 is 0 Å². The lowest BCUT2D eigenvalue weighted by Gasteiger charge is -2.05. The highest BCUT2D eigenvalue weighted by Gasteiger charge is 2.06. The van der Waals surface area contributed by atoms with Crippen molar-refractivity contribution in [3.05, 3.63) is 41.1 Å². The van der Waals surface area contributed by atoms with Gasteiger partial charge in [0.25, 0.3) is 0 Å². The fourth-order valence-electron chi connectivity index (χ4n) is 1.63. The molecule has 2 aromatic rings. The molecule has 76 valence electrons. The van der Waals surface area contributed by atoms with Crippen LogP contribution in [0.5, 0.6) is 0 Å². The smallest absolute Gasteiger partial charge is 0.250 e. The molecule has 1 aromatic heterocycles. The predicted octanol–water partition coefficient (Wildman–Crippen LogP) is 1.95. The van der Waals surface area contributed by atoms with E-state index in [0.717, 1.165) is 22.0 Å². The molecule has 0 aliphatic heterocycles. The van der Waals surface area contributed by atoms with Gasteiger partial charge in [-0.15, -0.1) is 0 Å². The maximum atomic E-state index is 11.0. The van der Waals surface area contributed by atoms with Gasteiger partial charge in [0.05, 0.1) is 11.1 Å². The van der Waals surface area contributed by atoms with Gasteiger partial charge in [0.2, 0.25) is 5.91 Å². The summed E-state index contributed by atoms with van der Waals surface area (Å²) in [5.74, 6) is -0.440. The number of aryl methyl sites for hydroxylation is 2. The first-order chi connectivity index (χ1) is 7.09. The standard InChI is InChI=1S/C12H12N2O/c1-7-3-4-8(2)11-10(7)5-9(6-14-11)12(13)15/h3-6H,1-2H3,(H2,13,15). The molecular weight excluding hydrogens is 188 g/mol. The number of aromatic nitrogens is 1. The van der Waals surface area contributed by atoms with Gasteiger partial charge >= 0.3 is 0 Å². The quantitative estimate of drug-likeness (QED) is 0.764. The van der Waals surface area contributed by atoms with Crippen LogP contribution in [0.3, 0.4) is 0 Å². The molecular formula is C12H12N2O. The summed E-state index contributed by atoms with van der Waals surface area (Å²) >= 11 is 0. The van der Waals surface area contributed by atoms with Crippen molar-refractivity contribution in [2.75, 3.05) is 0 Å². The van der Waals surface area contributed by atoms with Gasteiger partial charge < -0.3 is 5.73 Å². The van der Waals surface area contributed by atoms with E-state index < -0.39 is 5.91 Å². The highest BCUT2D eigenvalue weighted by molar-refractivity contribution is 5.97. The van der Waals surface area contributed by atoms with Gasteiger partial charge in [-0.2, -0.15) is 0 Å². The minimum atomic E-state index is -0.440. The highest BCUT2D eigenvalue weighted by atomic mass is 16.1. The van der Waals surface area contributed by atoms with Gasteiger partial charge in [-0.1, -0.05) is 12.1 Å². The van der Waals surface area contributed by atoms with Crippen LogP contribution in [-0.2, 0) is 0 Å². The van der Waals surface area contributed by atoms with E-state index in [4.69, 9.17) is 5.73 Å². The molecule has 15 heavy (non-hydrogen) atoms. The molecule has 0 radical (unpaired) electrons. The third-order valence-electron chi connectivity index (χ3n) is 2.55. The number of fused-ring (bicyclic) bond motifs is 1. The average Bonchev–Trinajstić information content (AvgIpc) is 2.23. The summed E-state index contributed by atoms with van der Waals surface area (Å²) in [4.78, 5) is 15.3. The lowest BCUT2D eigenvalue weighted by Crippen LogP contribution is -2.11. The summed E-state index contributed by atoms with van der Waals surface area (Å²) in [5, 5.41) is 0.992. The predicted molar refractivity (Wildman–Crippen MR) is 59.7 cm³/mol. The topological polar surface area (TPSA) is 56.0 Å². The number of hydrogen-bond acceptors (Lipinski definition) is 2. The number of hydrogen-bond donors (Lipinski definition) is 1. The first-order valence-electron chi connectivity index (χ1n) is 4.75. The van der Waals surface area contributed by atoms with Crippen LogP contribution in [0, 0.1) is 13.8 Å². The van der Waals surface area contributed by atoms with Crippen LogP contribution < -0.4 is 5.73 Å². The number of carbonyl (C=O) groups excluding carboxylic acids is 1. The maximum absolute atomic E-state index is 11.0. The molecule has 3 nitrogen and oxygen atoms in total. The molecule has 0 atom stereocenters. The van der Waals surface area contributed by atoms with Gasteiger partial charge in [-0.25, -0.2) is 0 Å². The van der Waals surface area contributed by atoms with Gasteiger partial charge in [-0.3, -0.25) is 9.78 Å². The summed E-state index contributed by atoms with van der Waals surface area (Å²) in [6.07, 6.45) is 1.52. The zero-order valence-electron chi connectivity index (χ0n) is 8.74. The Hall–Kier alpha value is -1.90. The van der Waals surface area contributed by atoms with Crippen molar-refractivity contribution in [1.29, 1.82) is 0 Å². The van der Waals surface area contributed by atoms with Gasteiger partial charge in [-0.05, 0) is 31.0 Å². The van der Waals surface area contributed by atoms with Crippen LogP contribution in [0.25, 0.3) is 10.9 Å². The second-order valence-electron chi connectivity index (χ2n) is 3.68. The zero-order chi connectivity index (χ0) is 11.0. The lowest BCUT2D eigenvalue weighted by molar-refractivity contribution is 0.1000. The summed E-state index contributed by atoms with van der Waals surface area (Å²) in [5.41, 5.74) is 8.81. The molecule has 0 unspecified atom stereocenters. The Labute approximate surface area is 87.9 Å². The van der Waals surface area contributed by atoms with E-state index in [9.17, 15) is 4.79 Å². The Kier molecular flexibility index (Phi) is 2.15. The summed E-state index contributed by atoms with van der Waals surface area (Å²) in [6, 6.07) is 5.84. The number of nitrogens with zero attached hydrogens (tertiary/aromatic N) is 1. The Morgan fingerprint density at radius 1 is 1.27 bits per heavy atom. The molecule has 1 amide bonds. The minimum absolute atomic E-state index is 0.440. The summed E-state index contributed by atoms with van der Waals surface area (Å²) < 4.78 is 0. The van der Waals surface area contributed by atoms with Crippen LogP contribution in [0.1, 0.15) is 21.5 Å². The van der Waals surface area contributed by atoms with Crippen LogP contribution in [-0.4, -0.2) is 10.9 Å². The molecule has 0 saturated heterocycles. The van der Waals surface area contributed by atoms with Crippen molar-refractivity contribution < 1.29 is 4.79 Å². The first-order valence-corrected chi connectivity index (χ1v) is 4.75. The number of rotatable bonds is 1. The first kappa shape index (κ1) is 9.65. The van der Waals surface area contributed by atoms with E-state index in [0.29, 0.717) is 5.56 Å². The highest BCUT2D eigenvalue weighted by Crippen LogP contribution is 2.20. The Morgan fingerprint density at radius 3 is 2.60 bits per heavy atom. The maximum Gasteiger partial charge on any atom is 0.250 e. The molecule has 0 saturated carbocycles. The molecule has 0 spiro atoms. The number of carbonyl (C=O) groups is 1. The molecule has 0 fully saturated rings. The largest absolute Gasteiger partial charge is 0.366 e. The van der Waals surface area contributed by atoms with Gasteiger partial charge in [0.15, 0.2) is 0 Å². The number of pyridine rings is 1. The molecule has 0 aliphatic rings. The lowest BCUT2D eigenvalue weighted by atomic mass is 10.0. The minimum Gasteiger partial charge on any atom is -0.366 e. The molecule has 1 heterocycles. The average molecular weight is 200 g/mol. The third-order valence-corrected chi connectivity index (χ3v) is 2.55. The zero-order valence-corrected chi connectivity index (χ0v) is 8.74. The Morgan fingerprint density at radius 2 is 1.93 bits per heavy atom. The van der Waals surface area contributed by atoms with Crippen LogP contribution in [0.15, 0.2) is 24.4 Å². The normalized spacial score (nSPS) is 10.5. The van der Waals surface area contributed by atoms with E-state index >= 15 is 0 Å². The van der Waals surface area contributed by atoms with E-state index in [2.05, 4.69) is 4.98 Å². The van der Waals surface area contributed by atoms with E-state index in [1.165, 1.54) is 6.20 Å². The van der Waals surface area contributed by atoms with E-state index in [1.807, 2.05) is 26.0 Å². The molecule has 3 heteroatoms. The Bertz CT molecular complexity index is 547. The molecule has 0 bridgehead atoms. The summed E-state index contributed by atoms with van der Waals surface area (Å²) in [7, 11) is 0. The van der Waals surface area contributed by atoms with Crippen LogP contribution in [0.2, 0.25) is 0 Å². The van der Waals surface area contributed by atoms with Crippen molar-refractivity contribution in [2.45, 2.75) is 13.8 Å². The fraction of sp³-hybridized carbons (Fsp3) is 0.167. The van der Waals surface area contributed by atoms with E-state index in [-0.39, 0.29) is 0 Å². The monoisotopic (exact) mass is 200 g/mol. The number of nitrogens with two attached hydrogens (primary N) is 1. The van der Waals surface area contributed by atoms with E-state index in [1.54, 1.807) is 6.07 Å². The Balaban J connectivity index is 2.81. The van der Waals surface area contributed by atoms with Crippen molar-refractivity contribution >= 4 is 16.8 Å². The number of amides is 1. The molecule has 0 aliphatic carbocycles.